The standard InChI is InChI=1S/C16H18N2O4S2/c1-21-11-6-7-12(15(9-11)22-2)13-10-14(16-5-4-8-23-16)18(17-13)24(3,19)20/h4-9,14H,10H2,1-3H3. The van der Waals surface area contributed by atoms with Crippen LogP contribution in [0.5, 0.6) is 11.5 Å². The molecular formula is C16H18N2O4S2. The van der Waals surface area contributed by atoms with Crippen molar-refractivity contribution >= 4 is 27.1 Å². The van der Waals surface area contributed by atoms with E-state index in [1.54, 1.807) is 20.3 Å². The van der Waals surface area contributed by atoms with Crippen LogP contribution in [-0.4, -0.2) is 39.0 Å². The average Bonchev–Trinajstić information content (AvgIpc) is 3.22. The molecule has 0 bridgehead atoms. The Morgan fingerprint density at radius 1 is 1.25 bits per heavy atom. The second-order valence-electron chi connectivity index (χ2n) is 5.38. The Kier molecular flexibility index (Phi) is 4.51. The number of sulfonamides is 1. The van der Waals surface area contributed by atoms with Gasteiger partial charge in [-0.05, 0) is 23.6 Å². The maximum Gasteiger partial charge on any atom is 0.247 e. The Balaban J connectivity index is 2.03. The minimum absolute atomic E-state index is 0.318. The van der Waals surface area contributed by atoms with Crippen LogP contribution in [0.25, 0.3) is 0 Å². The molecule has 1 atom stereocenters. The van der Waals surface area contributed by atoms with E-state index < -0.39 is 10.0 Å². The Morgan fingerprint density at radius 2 is 2.04 bits per heavy atom. The van der Waals surface area contributed by atoms with E-state index in [0.717, 1.165) is 10.4 Å². The molecule has 0 N–H and O–H groups in total. The second kappa shape index (κ2) is 6.45. The van der Waals surface area contributed by atoms with Crippen LogP contribution in [0, 0.1) is 0 Å². The van der Waals surface area contributed by atoms with Crippen molar-refractivity contribution in [2.75, 3.05) is 20.5 Å². The van der Waals surface area contributed by atoms with Gasteiger partial charge < -0.3 is 9.47 Å². The van der Waals surface area contributed by atoms with E-state index in [2.05, 4.69) is 5.10 Å². The van der Waals surface area contributed by atoms with E-state index >= 15 is 0 Å². The number of benzene rings is 1. The van der Waals surface area contributed by atoms with Gasteiger partial charge in [-0.25, -0.2) is 8.42 Å². The Bertz CT molecular complexity index is 860. The number of hydrogen-bond donors (Lipinski definition) is 0. The molecule has 0 saturated heterocycles. The highest BCUT2D eigenvalue weighted by atomic mass is 32.2. The molecule has 0 radical (unpaired) electrons. The fourth-order valence-corrected chi connectivity index (χ4v) is 4.46. The third-order valence-corrected chi connectivity index (χ3v) is 5.79. The summed E-state index contributed by atoms with van der Waals surface area (Å²) in [5, 5.41) is 6.31. The molecule has 1 aromatic heterocycles. The number of ether oxygens (including phenoxy) is 2. The lowest BCUT2D eigenvalue weighted by Gasteiger charge is -2.19. The largest absolute Gasteiger partial charge is 0.497 e. The van der Waals surface area contributed by atoms with Gasteiger partial charge in [-0.15, -0.1) is 11.3 Å². The third-order valence-electron chi connectivity index (χ3n) is 3.80. The minimum Gasteiger partial charge on any atom is -0.497 e. The van der Waals surface area contributed by atoms with Gasteiger partial charge in [0.25, 0.3) is 0 Å². The van der Waals surface area contributed by atoms with E-state index in [1.807, 2.05) is 29.6 Å². The highest BCUT2D eigenvalue weighted by Gasteiger charge is 2.35. The predicted molar refractivity (Wildman–Crippen MR) is 94.4 cm³/mol. The van der Waals surface area contributed by atoms with Gasteiger partial charge in [-0.1, -0.05) is 6.07 Å². The van der Waals surface area contributed by atoms with E-state index in [-0.39, 0.29) is 6.04 Å². The summed E-state index contributed by atoms with van der Waals surface area (Å²) >= 11 is 1.52. The number of methoxy groups -OCH3 is 2. The molecule has 1 unspecified atom stereocenters. The summed E-state index contributed by atoms with van der Waals surface area (Å²) < 4.78 is 36.1. The summed E-state index contributed by atoms with van der Waals surface area (Å²) in [6.07, 6.45) is 1.67. The van der Waals surface area contributed by atoms with Crippen LogP contribution in [-0.2, 0) is 10.0 Å². The fourth-order valence-electron chi connectivity index (χ4n) is 2.69. The molecule has 0 amide bonds. The zero-order valence-corrected chi connectivity index (χ0v) is 15.2. The van der Waals surface area contributed by atoms with Crippen LogP contribution in [0.1, 0.15) is 22.9 Å². The van der Waals surface area contributed by atoms with Crippen LogP contribution in [0.4, 0.5) is 0 Å². The van der Waals surface area contributed by atoms with Gasteiger partial charge in [0.05, 0.1) is 26.2 Å². The van der Waals surface area contributed by atoms with E-state index in [1.165, 1.54) is 22.0 Å². The Morgan fingerprint density at radius 3 is 2.62 bits per heavy atom. The molecular weight excluding hydrogens is 348 g/mol. The maximum absolute atomic E-state index is 12.1. The lowest BCUT2D eigenvalue weighted by molar-refractivity contribution is 0.379. The van der Waals surface area contributed by atoms with Crippen LogP contribution in [0.3, 0.4) is 0 Å². The Labute approximate surface area is 145 Å². The molecule has 1 aliphatic heterocycles. The van der Waals surface area contributed by atoms with Crippen molar-refractivity contribution in [3.8, 4) is 11.5 Å². The summed E-state index contributed by atoms with van der Waals surface area (Å²) in [5.41, 5.74) is 1.45. The van der Waals surface area contributed by atoms with Crippen molar-refractivity contribution in [3.63, 3.8) is 0 Å². The van der Waals surface area contributed by atoms with Gasteiger partial charge in [0.1, 0.15) is 17.5 Å². The first-order valence-electron chi connectivity index (χ1n) is 7.26. The monoisotopic (exact) mass is 366 g/mol. The quantitative estimate of drug-likeness (QED) is 0.816. The first-order valence-corrected chi connectivity index (χ1v) is 9.99. The molecule has 6 nitrogen and oxygen atoms in total. The summed E-state index contributed by atoms with van der Waals surface area (Å²) in [5.74, 6) is 1.28. The molecule has 1 aromatic carbocycles. The number of thiophene rings is 1. The van der Waals surface area contributed by atoms with Crippen LogP contribution < -0.4 is 9.47 Å². The first-order chi connectivity index (χ1) is 11.4. The molecule has 128 valence electrons. The van der Waals surface area contributed by atoms with E-state index in [0.29, 0.717) is 23.6 Å². The average molecular weight is 366 g/mol. The van der Waals surface area contributed by atoms with Gasteiger partial charge in [0, 0.05) is 22.9 Å². The van der Waals surface area contributed by atoms with Crippen LogP contribution in [0.2, 0.25) is 0 Å². The second-order valence-corrected chi connectivity index (χ2v) is 8.20. The smallest absolute Gasteiger partial charge is 0.247 e. The van der Waals surface area contributed by atoms with Gasteiger partial charge in [-0.3, -0.25) is 0 Å². The van der Waals surface area contributed by atoms with Crippen LogP contribution in [0.15, 0.2) is 40.8 Å². The van der Waals surface area contributed by atoms with Gasteiger partial charge >= 0.3 is 0 Å². The first kappa shape index (κ1) is 16.8. The molecule has 0 aliphatic carbocycles. The lowest BCUT2D eigenvalue weighted by atomic mass is 10.0. The number of hydrogen-bond acceptors (Lipinski definition) is 6. The fraction of sp³-hybridized carbons (Fsp3) is 0.312. The van der Waals surface area contributed by atoms with Crippen molar-refractivity contribution in [3.05, 3.63) is 46.2 Å². The van der Waals surface area contributed by atoms with Crippen LogP contribution >= 0.6 is 11.3 Å². The zero-order valence-electron chi connectivity index (χ0n) is 13.6. The summed E-state index contributed by atoms with van der Waals surface area (Å²) in [6.45, 7) is 0. The molecule has 2 heterocycles. The van der Waals surface area contributed by atoms with Crippen molar-refractivity contribution in [2.45, 2.75) is 12.5 Å². The third kappa shape index (κ3) is 3.11. The number of hydrazone groups is 1. The maximum atomic E-state index is 12.1. The Hall–Kier alpha value is -2.06. The summed E-state index contributed by atoms with van der Waals surface area (Å²) in [7, 11) is -0.313. The molecule has 8 heteroatoms. The van der Waals surface area contributed by atoms with Crippen molar-refractivity contribution in [1.29, 1.82) is 0 Å². The van der Waals surface area contributed by atoms with Gasteiger partial charge in [0.2, 0.25) is 10.0 Å². The molecule has 0 fully saturated rings. The van der Waals surface area contributed by atoms with Gasteiger partial charge in [-0.2, -0.15) is 9.52 Å². The number of rotatable bonds is 5. The summed E-state index contributed by atoms with van der Waals surface area (Å²) in [6, 6.07) is 8.93. The molecule has 0 spiro atoms. The molecule has 0 saturated carbocycles. The van der Waals surface area contributed by atoms with Crippen molar-refractivity contribution < 1.29 is 17.9 Å². The zero-order chi connectivity index (χ0) is 17.3. The number of nitrogens with zero attached hydrogens (tertiary/aromatic N) is 2. The molecule has 24 heavy (non-hydrogen) atoms. The lowest BCUT2D eigenvalue weighted by Crippen LogP contribution is -2.25. The SMILES string of the molecule is COc1ccc(C2=NN(S(C)(=O)=O)C(c3cccs3)C2)c(OC)c1. The van der Waals surface area contributed by atoms with Crippen molar-refractivity contribution in [2.24, 2.45) is 5.10 Å². The summed E-state index contributed by atoms with van der Waals surface area (Å²) in [4.78, 5) is 0.964. The molecule has 2 aromatic rings. The van der Waals surface area contributed by atoms with Gasteiger partial charge in [0.15, 0.2) is 0 Å². The normalized spacial score (nSPS) is 17.7. The highest BCUT2D eigenvalue weighted by molar-refractivity contribution is 7.88. The van der Waals surface area contributed by atoms with E-state index in [9.17, 15) is 8.42 Å². The molecule has 3 rings (SSSR count). The predicted octanol–water partition coefficient (Wildman–Crippen LogP) is 2.88. The van der Waals surface area contributed by atoms with E-state index in [4.69, 9.17) is 9.47 Å². The topological polar surface area (TPSA) is 68.2 Å². The highest BCUT2D eigenvalue weighted by Crippen LogP contribution is 2.38. The molecule has 1 aliphatic rings. The minimum atomic E-state index is -3.46. The van der Waals surface area contributed by atoms with Crippen molar-refractivity contribution in [1.82, 2.24) is 4.41 Å².